The molecule has 0 spiro atoms. The van der Waals surface area contributed by atoms with E-state index in [2.05, 4.69) is 24.3 Å². The minimum absolute atomic E-state index is 0.116. The van der Waals surface area contributed by atoms with Crippen LogP contribution in [0.2, 0.25) is 0 Å². The molecular formula is C20H24O3. The van der Waals surface area contributed by atoms with Gasteiger partial charge in [-0.25, -0.2) is 0 Å². The Kier molecular flexibility index (Phi) is 6.21. The maximum Gasteiger partial charge on any atom is 0.158 e. The molecule has 0 bridgehead atoms. The molecule has 1 heterocycles. The second kappa shape index (κ2) is 8.82. The van der Waals surface area contributed by atoms with Crippen LogP contribution in [0.15, 0.2) is 60.7 Å². The van der Waals surface area contributed by atoms with Crippen LogP contribution in [0.4, 0.5) is 0 Å². The molecule has 122 valence electrons. The van der Waals surface area contributed by atoms with Crippen molar-refractivity contribution in [3.05, 3.63) is 71.8 Å². The highest BCUT2D eigenvalue weighted by molar-refractivity contribution is 5.14. The summed E-state index contributed by atoms with van der Waals surface area (Å²) in [4.78, 5) is 0. The average Bonchev–Trinajstić information content (AvgIpc) is 2.62. The van der Waals surface area contributed by atoms with Gasteiger partial charge in [-0.05, 0) is 30.4 Å². The second-order valence-corrected chi connectivity index (χ2v) is 5.92. The molecule has 3 rings (SSSR count). The SMILES string of the molecule is c1ccc(COC[C@@H]2CCCC(OCc3ccccc3)O2)cc1. The van der Waals surface area contributed by atoms with E-state index in [1.807, 2.05) is 36.4 Å². The van der Waals surface area contributed by atoms with E-state index in [-0.39, 0.29) is 12.4 Å². The van der Waals surface area contributed by atoms with Crippen molar-refractivity contribution in [3.63, 3.8) is 0 Å². The van der Waals surface area contributed by atoms with Crippen molar-refractivity contribution in [2.24, 2.45) is 0 Å². The lowest BCUT2D eigenvalue weighted by Gasteiger charge is -2.29. The van der Waals surface area contributed by atoms with Gasteiger partial charge in [-0.15, -0.1) is 0 Å². The van der Waals surface area contributed by atoms with Crippen molar-refractivity contribution in [2.75, 3.05) is 6.61 Å². The molecule has 0 aromatic heterocycles. The second-order valence-electron chi connectivity index (χ2n) is 5.92. The highest BCUT2D eigenvalue weighted by Gasteiger charge is 2.23. The van der Waals surface area contributed by atoms with Crippen LogP contribution in [-0.2, 0) is 27.4 Å². The molecule has 0 saturated carbocycles. The summed E-state index contributed by atoms with van der Waals surface area (Å²) in [5.41, 5.74) is 2.37. The summed E-state index contributed by atoms with van der Waals surface area (Å²) in [6.45, 7) is 1.86. The first-order valence-corrected chi connectivity index (χ1v) is 8.33. The lowest BCUT2D eigenvalue weighted by molar-refractivity contribution is -0.210. The Morgan fingerprint density at radius 2 is 1.48 bits per heavy atom. The van der Waals surface area contributed by atoms with E-state index < -0.39 is 0 Å². The van der Waals surface area contributed by atoms with Crippen LogP contribution in [-0.4, -0.2) is 19.0 Å². The van der Waals surface area contributed by atoms with Crippen LogP contribution in [0.25, 0.3) is 0 Å². The van der Waals surface area contributed by atoms with Crippen LogP contribution in [0.1, 0.15) is 30.4 Å². The fourth-order valence-corrected chi connectivity index (χ4v) is 2.75. The first kappa shape index (κ1) is 16.2. The zero-order valence-electron chi connectivity index (χ0n) is 13.4. The molecule has 0 radical (unpaired) electrons. The minimum atomic E-state index is -0.116. The Morgan fingerprint density at radius 1 is 0.826 bits per heavy atom. The summed E-state index contributed by atoms with van der Waals surface area (Å²) in [7, 11) is 0. The van der Waals surface area contributed by atoms with E-state index >= 15 is 0 Å². The largest absolute Gasteiger partial charge is 0.374 e. The smallest absolute Gasteiger partial charge is 0.158 e. The third-order valence-electron chi connectivity index (χ3n) is 4.00. The van der Waals surface area contributed by atoms with Gasteiger partial charge in [0.15, 0.2) is 6.29 Å². The zero-order chi connectivity index (χ0) is 15.7. The van der Waals surface area contributed by atoms with Crippen molar-refractivity contribution < 1.29 is 14.2 Å². The molecule has 3 heteroatoms. The molecule has 0 N–H and O–H groups in total. The van der Waals surface area contributed by atoms with Gasteiger partial charge in [0.2, 0.25) is 0 Å². The predicted octanol–water partition coefficient (Wildman–Crippen LogP) is 4.32. The van der Waals surface area contributed by atoms with Gasteiger partial charge in [0.05, 0.1) is 25.9 Å². The number of rotatable bonds is 7. The molecule has 1 aliphatic rings. The van der Waals surface area contributed by atoms with E-state index in [0.29, 0.717) is 19.8 Å². The lowest BCUT2D eigenvalue weighted by atomic mass is 10.1. The lowest BCUT2D eigenvalue weighted by Crippen LogP contribution is -2.32. The molecule has 1 fully saturated rings. The third-order valence-corrected chi connectivity index (χ3v) is 4.00. The van der Waals surface area contributed by atoms with Crippen LogP contribution >= 0.6 is 0 Å². The summed E-state index contributed by atoms with van der Waals surface area (Å²) < 4.78 is 17.7. The topological polar surface area (TPSA) is 27.7 Å². The fourth-order valence-electron chi connectivity index (χ4n) is 2.75. The van der Waals surface area contributed by atoms with E-state index in [4.69, 9.17) is 14.2 Å². The summed E-state index contributed by atoms with van der Waals surface area (Å²) in [6.07, 6.45) is 3.14. The van der Waals surface area contributed by atoms with Gasteiger partial charge in [-0.3, -0.25) is 0 Å². The highest BCUT2D eigenvalue weighted by atomic mass is 16.7. The summed E-state index contributed by atoms with van der Waals surface area (Å²) in [6, 6.07) is 20.4. The molecule has 1 saturated heterocycles. The number of hydrogen-bond donors (Lipinski definition) is 0. The molecule has 0 amide bonds. The fraction of sp³-hybridized carbons (Fsp3) is 0.400. The Bertz CT molecular complexity index is 556. The Hall–Kier alpha value is -1.68. The van der Waals surface area contributed by atoms with Crippen molar-refractivity contribution in [3.8, 4) is 0 Å². The first-order valence-electron chi connectivity index (χ1n) is 8.33. The summed E-state index contributed by atoms with van der Waals surface area (Å²) >= 11 is 0. The Balaban J connectivity index is 1.38. The molecule has 2 atom stereocenters. The number of ether oxygens (including phenoxy) is 3. The maximum absolute atomic E-state index is 6.00. The first-order chi connectivity index (χ1) is 11.4. The monoisotopic (exact) mass is 312 g/mol. The van der Waals surface area contributed by atoms with E-state index in [1.54, 1.807) is 0 Å². The van der Waals surface area contributed by atoms with E-state index in [9.17, 15) is 0 Å². The third kappa shape index (κ3) is 5.47. The van der Waals surface area contributed by atoms with Crippen molar-refractivity contribution >= 4 is 0 Å². The molecular weight excluding hydrogens is 288 g/mol. The predicted molar refractivity (Wildman–Crippen MR) is 89.8 cm³/mol. The van der Waals surface area contributed by atoms with E-state index in [0.717, 1.165) is 19.3 Å². The zero-order valence-corrected chi connectivity index (χ0v) is 13.4. The van der Waals surface area contributed by atoms with Gasteiger partial charge in [0.25, 0.3) is 0 Å². The van der Waals surface area contributed by atoms with Crippen molar-refractivity contribution in [1.29, 1.82) is 0 Å². The molecule has 2 aromatic carbocycles. The molecule has 0 aliphatic carbocycles. The normalized spacial score (nSPS) is 21.2. The van der Waals surface area contributed by atoms with Crippen LogP contribution < -0.4 is 0 Å². The quantitative estimate of drug-likeness (QED) is 0.762. The molecule has 1 unspecified atom stereocenters. The maximum atomic E-state index is 6.00. The van der Waals surface area contributed by atoms with Crippen LogP contribution in [0, 0.1) is 0 Å². The highest BCUT2D eigenvalue weighted by Crippen LogP contribution is 2.21. The van der Waals surface area contributed by atoms with Gasteiger partial charge in [0.1, 0.15) is 0 Å². The van der Waals surface area contributed by atoms with Gasteiger partial charge in [0, 0.05) is 0 Å². The average molecular weight is 312 g/mol. The molecule has 2 aromatic rings. The van der Waals surface area contributed by atoms with E-state index in [1.165, 1.54) is 11.1 Å². The standard InChI is InChI=1S/C20H24O3/c1-3-8-17(9-4-1)14-21-16-19-12-7-13-20(23-19)22-15-18-10-5-2-6-11-18/h1-6,8-11,19-20H,7,12-16H2/t19-,20?/m0/s1. The van der Waals surface area contributed by atoms with Crippen LogP contribution in [0.3, 0.4) is 0 Å². The Labute approximate surface area is 138 Å². The number of hydrogen-bond acceptors (Lipinski definition) is 3. The Morgan fingerprint density at radius 3 is 2.17 bits per heavy atom. The molecule has 1 aliphatic heterocycles. The molecule has 23 heavy (non-hydrogen) atoms. The van der Waals surface area contributed by atoms with Gasteiger partial charge < -0.3 is 14.2 Å². The van der Waals surface area contributed by atoms with Gasteiger partial charge in [-0.1, -0.05) is 60.7 Å². The van der Waals surface area contributed by atoms with Gasteiger partial charge in [-0.2, -0.15) is 0 Å². The number of benzene rings is 2. The summed E-state index contributed by atoms with van der Waals surface area (Å²) in [5, 5.41) is 0. The minimum Gasteiger partial charge on any atom is -0.374 e. The van der Waals surface area contributed by atoms with Crippen molar-refractivity contribution in [1.82, 2.24) is 0 Å². The van der Waals surface area contributed by atoms with Crippen LogP contribution in [0.5, 0.6) is 0 Å². The van der Waals surface area contributed by atoms with Gasteiger partial charge >= 0.3 is 0 Å². The molecule has 3 nitrogen and oxygen atoms in total. The summed E-state index contributed by atoms with van der Waals surface area (Å²) in [5.74, 6) is 0. The van der Waals surface area contributed by atoms with Crippen molar-refractivity contribution in [2.45, 2.75) is 44.9 Å².